The molecule has 0 aromatic carbocycles. The summed E-state index contributed by atoms with van der Waals surface area (Å²) in [5.74, 6) is 0.189. The van der Waals surface area contributed by atoms with E-state index in [1.165, 1.54) is 4.88 Å². The molecule has 0 radical (unpaired) electrons. The second kappa shape index (κ2) is 5.48. The molecular weight excluding hydrogens is 244 g/mol. The molecule has 0 bridgehead atoms. The smallest absolute Gasteiger partial charge is 0.178 e. The maximum absolute atomic E-state index is 12.2. The summed E-state index contributed by atoms with van der Waals surface area (Å²) in [5.41, 5.74) is 1.98. The van der Waals surface area contributed by atoms with Crippen molar-refractivity contribution in [2.45, 2.75) is 40.2 Å². The summed E-state index contributed by atoms with van der Waals surface area (Å²) in [7, 11) is 0. The van der Waals surface area contributed by atoms with Crippen LogP contribution in [-0.4, -0.2) is 15.6 Å². The van der Waals surface area contributed by atoms with Crippen LogP contribution in [0.15, 0.2) is 18.2 Å². The lowest BCUT2D eigenvalue weighted by atomic mass is 10.2. The van der Waals surface area contributed by atoms with E-state index in [1.807, 2.05) is 36.7 Å². The van der Waals surface area contributed by atoms with E-state index in [-0.39, 0.29) is 5.78 Å². The Morgan fingerprint density at radius 3 is 2.78 bits per heavy atom. The van der Waals surface area contributed by atoms with Gasteiger partial charge in [0, 0.05) is 17.1 Å². The first-order chi connectivity index (χ1) is 8.63. The van der Waals surface area contributed by atoms with Gasteiger partial charge < -0.3 is 0 Å². The average molecular weight is 262 g/mol. The zero-order chi connectivity index (χ0) is 13.1. The van der Waals surface area contributed by atoms with Crippen LogP contribution in [0.25, 0.3) is 0 Å². The first-order valence-electron chi connectivity index (χ1n) is 6.29. The van der Waals surface area contributed by atoms with Crippen molar-refractivity contribution in [2.75, 3.05) is 0 Å². The number of hydrogen-bond acceptors (Lipinski definition) is 3. The Morgan fingerprint density at radius 2 is 2.17 bits per heavy atom. The fourth-order valence-corrected chi connectivity index (χ4v) is 2.87. The molecule has 0 saturated heterocycles. The Morgan fingerprint density at radius 1 is 1.39 bits per heavy atom. The molecule has 2 aromatic rings. The molecule has 2 heterocycles. The highest BCUT2D eigenvalue weighted by Crippen LogP contribution is 2.19. The van der Waals surface area contributed by atoms with Crippen molar-refractivity contribution >= 4 is 17.1 Å². The van der Waals surface area contributed by atoms with E-state index in [0.29, 0.717) is 6.42 Å². The van der Waals surface area contributed by atoms with E-state index in [9.17, 15) is 4.79 Å². The Bertz CT molecular complexity index is 554. The van der Waals surface area contributed by atoms with Crippen molar-refractivity contribution in [3.8, 4) is 0 Å². The van der Waals surface area contributed by atoms with Crippen LogP contribution in [0.3, 0.4) is 0 Å². The monoisotopic (exact) mass is 262 g/mol. The van der Waals surface area contributed by atoms with Gasteiger partial charge >= 0.3 is 0 Å². The van der Waals surface area contributed by atoms with Gasteiger partial charge in [-0.15, -0.1) is 11.3 Å². The third-order valence-corrected chi connectivity index (χ3v) is 4.18. The number of rotatable bonds is 5. The maximum Gasteiger partial charge on any atom is 0.178 e. The van der Waals surface area contributed by atoms with E-state index in [2.05, 4.69) is 12.0 Å². The normalized spacial score (nSPS) is 10.8. The molecule has 0 unspecified atom stereocenters. The fourth-order valence-electron chi connectivity index (χ4n) is 1.98. The summed E-state index contributed by atoms with van der Waals surface area (Å²) < 4.78 is 1.90. The van der Waals surface area contributed by atoms with Crippen molar-refractivity contribution in [3.63, 3.8) is 0 Å². The minimum absolute atomic E-state index is 0.189. The molecule has 0 amide bonds. The number of aryl methyl sites for hydroxylation is 3. The third kappa shape index (κ3) is 2.70. The molecule has 18 heavy (non-hydrogen) atoms. The fraction of sp³-hybridized carbons (Fsp3) is 0.429. The lowest BCUT2D eigenvalue weighted by molar-refractivity contribution is 0.0994. The largest absolute Gasteiger partial charge is 0.293 e. The molecule has 0 N–H and O–H groups in total. The topological polar surface area (TPSA) is 34.9 Å². The highest BCUT2D eigenvalue weighted by atomic mass is 32.1. The summed E-state index contributed by atoms with van der Waals surface area (Å²) in [5, 5.41) is 4.37. The molecule has 0 fully saturated rings. The molecule has 0 saturated carbocycles. The van der Waals surface area contributed by atoms with Gasteiger partial charge in [0.1, 0.15) is 0 Å². The van der Waals surface area contributed by atoms with Crippen molar-refractivity contribution < 1.29 is 4.79 Å². The summed E-state index contributed by atoms with van der Waals surface area (Å²) in [6.45, 7) is 6.91. The van der Waals surface area contributed by atoms with E-state index in [1.54, 1.807) is 11.3 Å². The number of nitrogens with zero attached hydrogens (tertiary/aromatic N) is 2. The quantitative estimate of drug-likeness (QED) is 0.775. The van der Waals surface area contributed by atoms with E-state index >= 15 is 0 Å². The zero-order valence-corrected chi connectivity index (χ0v) is 11.9. The molecule has 0 atom stereocenters. The number of thiophene rings is 1. The number of carbonyl (C=O) groups is 1. The SMILES string of the molecule is CCc1ccc(C(=O)Cc2cc(C)nn2CC)s1. The third-order valence-electron chi connectivity index (χ3n) is 2.91. The first-order valence-corrected chi connectivity index (χ1v) is 7.11. The second-order valence-electron chi connectivity index (χ2n) is 4.31. The van der Waals surface area contributed by atoms with Crippen LogP contribution in [0, 0.1) is 6.92 Å². The second-order valence-corrected chi connectivity index (χ2v) is 5.48. The number of aromatic nitrogens is 2. The maximum atomic E-state index is 12.2. The van der Waals surface area contributed by atoms with Gasteiger partial charge in [-0.3, -0.25) is 9.48 Å². The van der Waals surface area contributed by atoms with Crippen LogP contribution in [0.5, 0.6) is 0 Å². The van der Waals surface area contributed by atoms with E-state index < -0.39 is 0 Å². The van der Waals surface area contributed by atoms with Gasteiger partial charge in [-0.25, -0.2) is 0 Å². The van der Waals surface area contributed by atoms with Crippen LogP contribution in [0.4, 0.5) is 0 Å². The molecule has 0 aliphatic heterocycles. The standard InChI is InChI=1S/C14H18N2OS/c1-4-12-6-7-14(18-12)13(17)9-11-8-10(3)15-16(11)5-2/h6-8H,4-5,9H2,1-3H3. The summed E-state index contributed by atoms with van der Waals surface area (Å²) in [4.78, 5) is 14.3. The molecule has 3 nitrogen and oxygen atoms in total. The minimum Gasteiger partial charge on any atom is -0.293 e. The molecule has 0 aliphatic rings. The number of hydrogen-bond donors (Lipinski definition) is 0. The van der Waals surface area contributed by atoms with E-state index in [4.69, 9.17) is 0 Å². The van der Waals surface area contributed by atoms with Crippen LogP contribution >= 0.6 is 11.3 Å². The summed E-state index contributed by atoms with van der Waals surface area (Å²) >= 11 is 1.60. The van der Waals surface area contributed by atoms with Gasteiger partial charge in [-0.1, -0.05) is 6.92 Å². The van der Waals surface area contributed by atoms with Crippen molar-refractivity contribution in [1.29, 1.82) is 0 Å². The van der Waals surface area contributed by atoms with E-state index in [0.717, 1.165) is 29.2 Å². The molecule has 2 aromatic heterocycles. The van der Waals surface area contributed by atoms with Crippen LogP contribution in [0.1, 0.15) is 39.8 Å². The van der Waals surface area contributed by atoms with Crippen molar-refractivity contribution in [1.82, 2.24) is 9.78 Å². The summed E-state index contributed by atoms with van der Waals surface area (Å²) in [6, 6.07) is 5.97. The predicted molar refractivity (Wildman–Crippen MR) is 74.4 cm³/mol. The van der Waals surface area contributed by atoms with Gasteiger partial charge in [-0.2, -0.15) is 5.10 Å². The Hall–Kier alpha value is -1.42. The Balaban J connectivity index is 2.15. The minimum atomic E-state index is 0.189. The van der Waals surface area contributed by atoms with Gasteiger partial charge in [0.25, 0.3) is 0 Å². The highest BCUT2D eigenvalue weighted by molar-refractivity contribution is 7.14. The lowest BCUT2D eigenvalue weighted by Gasteiger charge is -2.02. The zero-order valence-electron chi connectivity index (χ0n) is 11.1. The Labute approximate surface area is 111 Å². The van der Waals surface area contributed by atoms with Crippen LogP contribution in [0.2, 0.25) is 0 Å². The number of carbonyl (C=O) groups excluding carboxylic acids is 1. The molecule has 2 rings (SSSR count). The lowest BCUT2D eigenvalue weighted by Crippen LogP contribution is -2.08. The van der Waals surface area contributed by atoms with Gasteiger partial charge in [-0.05, 0) is 38.5 Å². The Kier molecular flexibility index (Phi) is 3.97. The molecule has 96 valence electrons. The number of ketones is 1. The van der Waals surface area contributed by atoms with Crippen molar-refractivity contribution in [3.05, 3.63) is 39.3 Å². The van der Waals surface area contributed by atoms with Crippen LogP contribution in [-0.2, 0) is 19.4 Å². The molecular formula is C14H18N2OS. The predicted octanol–water partition coefficient (Wildman–Crippen LogP) is 3.26. The van der Waals surface area contributed by atoms with Gasteiger partial charge in [0.05, 0.1) is 17.0 Å². The summed E-state index contributed by atoms with van der Waals surface area (Å²) in [6.07, 6.45) is 1.43. The van der Waals surface area contributed by atoms with Crippen molar-refractivity contribution in [2.24, 2.45) is 0 Å². The molecule has 4 heteroatoms. The number of Topliss-reactive ketones (excluding diaryl/α,β-unsaturated/α-hetero) is 1. The average Bonchev–Trinajstić information content (AvgIpc) is 2.95. The molecule has 0 aliphatic carbocycles. The first kappa shape index (κ1) is 13.0. The van der Waals surface area contributed by atoms with Gasteiger partial charge in [0.15, 0.2) is 5.78 Å². The van der Waals surface area contributed by atoms with Crippen LogP contribution < -0.4 is 0 Å². The molecule has 0 spiro atoms. The van der Waals surface area contributed by atoms with Gasteiger partial charge in [0.2, 0.25) is 0 Å². The highest BCUT2D eigenvalue weighted by Gasteiger charge is 2.13.